The van der Waals surface area contributed by atoms with Gasteiger partial charge in [-0.3, -0.25) is 0 Å². The lowest BCUT2D eigenvalue weighted by Crippen LogP contribution is -2.25. The Morgan fingerprint density at radius 1 is 1.06 bits per heavy atom. The highest BCUT2D eigenvalue weighted by Crippen LogP contribution is 2.21. The Hall–Kier alpha value is -0.160. The second kappa shape index (κ2) is 6.14. The summed E-state index contributed by atoms with van der Waals surface area (Å²) in [6.07, 6.45) is 1.86. The van der Waals surface area contributed by atoms with Crippen LogP contribution in [0.1, 0.15) is 10.4 Å². The van der Waals surface area contributed by atoms with E-state index >= 15 is 0 Å². The standard InChI is InChI=1S/C13H13Br2NS/c14-10-3-1-9(2-4-10)5-12(16)7-13-6-11(15)8-17-13/h1-4,6,8,12H,5,7,16H2. The summed E-state index contributed by atoms with van der Waals surface area (Å²) in [5, 5.41) is 2.10. The summed E-state index contributed by atoms with van der Waals surface area (Å²) in [5.41, 5.74) is 7.45. The molecule has 0 saturated heterocycles. The van der Waals surface area contributed by atoms with Crippen LogP contribution in [0.15, 0.2) is 44.7 Å². The van der Waals surface area contributed by atoms with Gasteiger partial charge in [0.05, 0.1) is 0 Å². The highest BCUT2D eigenvalue weighted by molar-refractivity contribution is 9.10. The summed E-state index contributed by atoms with van der Waals surface area (Å²) in [4.78, 5) is 1.33. The molecule has 1 unspecified atom stereocenters. The quantitative estimate of drug-likeness (QED) is 0.843. The van der Waals surface area contributed by atoms with Crippen LogP contribution in [0.2, 0.25) is 0 Å². The molecule has 2 rings (SSSR count). The van der Waals surface area contributed by atoms with Crippen molar-refractivity contribution in [1.82, 2.24) is 0 Å². The Morgan fingerprint density at radius 2 is 1.76 bits per heavy atom. The summed E-state index contributed by atoms with van der Waals surface area (Å²) in [6, 6.07) is 10.7. The molecule has 2 aromatic rings. The maximum absolute atomic E-state index is 6.16. The number of benzene rings is 1. The molecule has 90 valence electrons. The average molecular weight is 375 g/mol. The molecule has 0 aliphatic rings. The normalized spacial score (nSPS) is 12.6. The van der Waals surface area contributed by atoms with Crippen molar-refractivity contribution >= 4 is 43.2 Å². The van der Waals surface area contributed by atoms with Crippen LogP contribution in [0.3, 0.4) is 0 Å². The van der Waals surface area contributed by atoms with E-state index in [0.717, 1.165) is 21.8 Å². The van der Waals surface area contributed by atoms with Crippen molar-refractivity contribution in [3.8, 4) is 0 Å². The smallest absolute Gasteiger partial charge is 0.0285 e. The van der Waals surface area contributed by atoms with Crippen LogP contribution in [0.4, 0.5) is 0 Å². The maximum Gasteiger partial charge on any atom is 0.0285 e. The first-order valence-corrected chi connectivity index (χ1v) is 7.83. The molecule has 0 bridgehead atoms. The summed E-state index contributed by atoms with van der Waals surface area (Å²) in [7, 11) is 0. The molecule has 0 aliphatic carbocycles. The van der Waals surface area contributed by atoms with Crippen LogP contribution in [0.5, 0.6) is 0 Å². The van der Waals surface area contributed by atoms with E-state index < -0.39 is 0 Å². The molecule has 0 amide bonds. The third-order valence-corrected chi connectivity index (χ3v) is 4.74. The third-order valence-electron chi connectivity index (χ3n) is 2.50. The molecule has 1 aromatic heterocycles. The van der Waals surface area contributed by atoms with Gasteiger partial charge in [-0.15, -0.1) is 11.3 Å². The number of hydrogen-bond donors (Lipinski definition) is 1. The van der Waals surface area contributed by atoms with Crippen LogP contribution < -0.4 is 5.73 Å². The van der Waals surface area contributed by atoms with Crippen molar-refractivity contribution in [2.24, 2.45) is 5.73 Å². The van der Waals surface area contributed by atoms with E-state index in [1.807, 2.05) is 0 Å². The van der Waals surface area contributed by atoms with Crippen molar-refractivity contribution in [3.63, 3.8) is 0 Å². The predicted molar refractivity (Wildman–Crippen MR) is 81.5 cm³/mol. The first-order chi connectivity index (χ1) is 8.13. The second-order valence-corrected chi connectivity index (χ2v) is 6.85. The molecule has 1 heterocycles. The zero-order valence-corrected chi connectivity index (χ0v) is 13.2. The fourth-order valence-electron chi connectivity index (χ4n) is 1.71. The molecular formula is C13H13Br2NS. The van der Waals surface area contributed by atoms with E-state index in [2.05, 4.69) is 67.6 Å². The largest absolute Gasteiger partial charge is 0.327 e. The molecular weight excluding hydrogens is 362 g/mol. The summed E-state index contributed by atoms with van der Waals surface area (Å²) in [5.74, 6) is 0. The highest BCUT2D eigenvalue weighted by atomic mass is 79.9. The lowest BCUT2D eigenvalue weighted by Gasteiger charge is -2.10. The summed E-state index contributed by atoms with van der Waals surface area (Å²) in [6.45, 7) is 0. The Bertz CT molecular complexity index is 478. The van der Waals surface area contributed by atoms with Gasteiger partial charge in [-0.05, 0) is 52.5 Å². The second-order valence-electron chi connectivity index (χ2n) is 4.03. The number of thiophene rings is 1. The topological polar surface area (TPSA) is 26.0 Å². The number of hydrogen-bond acceptors (Lipinski definition) is 2. The zero-order valence-electron chi connectivity index (χ0n) is 9.20. The van der Waals surface area contributed by atoms with Crippen molar-refractivity contribution in [2.45, 2.75) is 18.9 Å². The van der Waals surface area contributed by atoms with Crippen molar-refractivity contribution in [3.05, 3.63) is 55.1 Å². The molecule has 0 radical (unpaired) electrons. The van der Waals surface area contributed by atoms with E-state index in [9.17, 15) is 0 Å². The van der Waals surface area contributed by atoms with Crippen LogP contribution in [0.25, 0.3) is 0 Å². The predicted octanol–water partition coefficient (Wildman–Crippen LogP) is 4.39. The Labute approximate surface area is 122 Å². The molecule has 0 aliphatic heterocycles. The fourth-order valence-corrected chi connectivity index (χ4v) is 3.52. The minimum Gasteiger partial charge on any atom is -0.327 e. The number of halogens is 2. The van der Waals surface area contributed by atoms with Gasteiger partial charge in [0.2, 0.25) is 0 Å². The van der Waals surface area contributed by atoms with E-state index in [4.69, 9.17) is 5.73 Å². The van der Waals surface area contributed by atoms with Crippen LogP contribution in [-0.2, 0) is 12.8 Å². The monoisotopic (exact) mass is 373 g/mol. The zero-order chi connectivity index (χ0) is 12.3. The van der Waals surface area contributed by atoms with E-state index in [0.29, 0.717) is 0 Å². The van der Waals surface area contributed by atoms with Gasteiger partial charge in [0.15, 0.2) is 0 Å². The average Bonchev–Trinajstić information content (AvgIpc) is 2.67. The minimum absolute atomic E-state index is 0.182. The van der Waals surface area contributed by atoms with E-state index in [1.165, 1.54) is 10.4 Å². The molecule has 0 fully saturated rings. The Balaban J connectivity index is 1.93. The first kappa shape index (κ1) is 13.3. The molecule has 0 saturated carbocycles. The van der Waals surface area contributed by atoms with Gasteiger partial charge in [-0.1, -0.05) is 28.1 Å². The minimum atomic E-state index is 0.182. The van der Waals surface area contributed by atoms with Gasteiger partial charge in [-0.25, -0.2) is 0 Å². The molecule has 17 heavy (non-hydrogen) atoms. The van der Waals surface area contributed by atoms with Gasteiger partial charge >= 0.3 is 0 Å². The summed E-state index contributed by atoms with van der Waals surface area (Å²) < 4.78 is 2.25. The SMILES string of the molecule is NC(Cc1ccc(Br)cc1)Cc1cc(Br)cs1. The lowest BCUT2D eigenvalue weighted by molar-refractivity contribution is 0.670. The van der Waals surface area contributed by atoms with E-state index in [-0.39, 0.29) is 6.04 Å². The van der Waals surface area contributed by atoms with Crippen molar-refractivity contribution < 1.29 is 0 Å². The van der Waals surface area contributed by atoms with Gasteiger partial charge in [0.25, 0.3) is 0 Å². The molecule has 0 spiro atoms. The number of rotatable bonds is 4. The highest BCUT2D eigenvalue weighted by Gasteiger charge is 2.07. The molecule has 1 nitrogen and oxygen atoms in total. The van der Waals surface area contributed by atoms with Gasteiger partial charge in [-0.2, -0.15) is 0 Å². The Morgan fingerprint density at radius 3 is 2.35 bits per heavy atom. The van der Waals surface area contributed by atoms with Crippen molar-refractivity contribution in [2.75, 3.05) is 0 Å². The fraction of sp³-hybridized carbons (Fsp3) is 0.231. The lowest BCUT2D eigenvalue weighted by atomic mass is 10.0. The van der Waals surface area contributed by atoms with Crippen LogP contribution in [-0.4, -0.2) is 6.04 Å². The molecule has 1 atom stereocenters. The number of nitrogens with two attached hydrogens (primary N) is 1. The van der Waals surface area contributed by atoms with Crippen LogP contribution in [0, 0.1) is 0 Å². The maximum atomic E-state index is 6.16. The van der Waals surface area contributed by atoms with Gasteiger partial charge in [0, 0.05) is 25.2 Å². The van der Waals surface area contributed by atoms with E-state index in [1.54, 1.807) is 11.3 Å². The molecule has 4 heteroatoms. The first-order valence-electron chi connectivity index (χ1n) is 5.36. The van der Waals surface area contributed by atoms with Gasteiger partial charge in [0.1, 0.15) is 0 Å². The van der Waals surface area contributed by atoms with Crippen molar-refractivity contribution in [1.29, 1.82) is 0 Å². The van der Waals surface area contributed by atoms with Crippen LogP contribution >= 0.6 is 43.2 Å². The molecule has 2 N–H and O–H groups in total. The Kier molecular flexibility index (Phi) is 4.79. The summed E-state index contributed by atoms with van der Waals surface area (Å²) >= 11 is 8.65. The van der Waals surface area contributed by atoms with Gasteiger partial charge < -0.3 is 5.73 Å². The third kappa shape index (κ3) is 4.21. The molecule has 1 aromatic carbocycles.